The fourth-order valence-corrected chi connectivity index (χ4v) is 1.67. The van der Waals surface area contributed by atoms with Gasteiger partial charge in [-0.3, -0.25) is 4.99 Å². The SMILES string of the molecule is CCOC1=CNC(c2cccc(Cl)c2)=NC1. The summed E-state index contributed by atoms with van der Waals surface area (Å²) >= 11 is 5.92. The van der Waals surface area contributed by atoms with Crippen LogP contribution in [0.1, 0.15) is 12.5 Å². The molecule has 0 aromatic heterocycles. The van der Waals surface area contributed by atoms with Crippen LogP contribution in [-0.2, 0) is 4.74 Å². The van der Waals surface area contributed by atoms with E-state index in [1.807, 2.05) is 37.4 Å². The smallest absolute Gasteiger partial charge is 0.133 e. The van der Waals surface area contributed by atoms with E-state index in [4.69, 9.17) is 16.3 Å². The number of nitrogens with zero attached hydrogens (tertiary/aromatic N) is 1. The summed E-state index contributed by atoms with van der Waals surface area (Å²) in [5, 5.41) is 3.81. The van der Waals surface area contributed by atoms with Crippen molar-refractivity contribution in [2.75, 3.05) is 13.2 Å². The highest BCUT2D eigenvalue weighted by Gasteiger charge is 2.08. The lowest BCUT2D eigenvalue weighted by molar-refractivity contribution is 0.224. The van der Waals surface area contributed by atoms with E-state index in [0.717, 1.165) is 17.2 Å². The summed E-state index contributed by atoms with van der Waals surface area (Å²) in [5.74, 6) is 1.68. The molecular formula is C12H13ClN2O. The number of halogens is 1. The number of ether oxygens (including phenoxy) is 1. The molecule has 1 aliphatic heterocycles. The molecule has 0 amide bonds. The highest BCUT2D eigenvalue weighted by Crippen LogP contribution is 2.13. The van der Waals surface area contributed by atoms with E-state index in [2.05, 4.69) is 10.3 Å². The van der Waals surface area contributed by atoms with Crippen molar-refractivity contribution < 1.29 is 4.74 Å². The number of hydrogen-bond donors (Lipinski definition) is 1. The normalized spacial score (nSPS) is 14.9. The molecule has 0 radical (unpaired) electrons. The monoisotopic (exact) mass is 236 g/mol. The van der Waals surface area contributed by atoms with Gasteiger partial charge in [-0.1, -0.05) is 23.7 Å². The van der Waals surface area contributed by atoms with E-state index in [9.17, 15) is 0 Å². The van der Waals surface area contributed by atoms with Crippen LogP contribution >= 0.6 is 11.6 Å². The molecule has 16 heavy (non-hydrogen) atoms. The number of benzene rings is 1. The number of rotatable bonds is 3. The second kappa shape index (κ2) is 5.03. The molecule has 4 heteroatoms. The summed E-state index contributed by atoms with van der Waals surface area (Å²) in [7, 11) is 0. The Labute approximate surface area is 99.8 Å². The van der Waals surface area contributed by atoms with Gasteiger partial charge in [-0.15, -0.1) is 0 Å². The molecule has 1 aromatic carbocycles. The van der Waals surface area contributed by atoms with Gasteiger partial charge in [-0.2, -0.15) is 0 Å². The molecule has 1 N–H and O–H groups in total. The predicted molar refractivity (Wildman–Crippen MR) is 65.7 cm³/mol. The third-order valence-electron chi connectivity index (χ3n) is 2.19. The second-order valence-corrected chi connectivity index (χ2v) is 3.80. The molecule has 1 heterocycles. The van der Waals surface area contributed by atoms with Crippen LogP contribution in [0.2, 0.25) is 5.02 Å². The number of amidine groups is 1. The Kier molecular flexibility index (Phi) is 3.47. The largest absolute Gasteiger partial charge is 0.495 e. The maximum absolute atomic E-state index is 5.92. The van der Waals surface area contributed by atoms with Gasteiger partial charge >= 0.3 is 0 Å². The first-order chi connectivity index (χ1) is 7.79. The van der Waals surface area contributed by atoms with E-state index in [0.29, 0.717) is 18.2 Å². The summed E-state index contributed by atoms with van der Waals surface area (Å²) in [4.78, 5) is 4.39. The zero-order valence-electron chi connectivity index (χ0n) is 9.03. The molecule has 0 aliphatic carbocycles. The van der Waals surface area contributed by atoms with Crippen LogP contribution in [-0.4, -0.2) is 19.0 Å². The van der Waals surface area contributed by atoms with E-state index in [1.54, 1.807) is 0 Å². The molecular weight excluding hydrogens is 224 g/mol. The lowest BCUT2D eigenvalue weighted by Gasteiger charge is -2.15. The third-order valence-corrected chi connectivity index (χ3v) is 2.43. The minimum atomic E-state index is 0.572. The molecule has 0 atom stereocenters. The first kappa shape index (κ1) is 11.0. The van der Waals surface area contributed by atoms with Gasteiger partial charge in [0, 0.05) is 16.8 Å². The predicted octanol–water partition coefficient (Wildman–Crippen LogP) is 2.57. The van der Waals surface area contributed by atoms with Gasteiger partial charge in [0.2, 0.25) is 0 Å². The van der Waals surface area contributed by atoms with Crippen molar-refractivity contribution in [2.45, 2.75) is 6.92 Å². The van der Waals surface area contributed by atoms with Crippen molar-refractivity contribution in [1.82, 2.24) is 5.32 Å². The molecule has 84 valence electrons. The van der Waals surface area contributed by atoms with Crippen molar-refractivity contribution in [3.63, 3.8) is 0 Å². The number of nitrogens with one attached hydrogen (secondary N) is 1. The van der Waals surface area contributed by atoms with Crippen LogP contribution in [0.15, 0.2) is 41.2 Å². The van der Waals surface area contributed by atoms with Crippen LogP contribution in [0, 0.1) is 0 Å². The van der Waals surface area contributed by atoms with Crippen LogP contribution in [0.3, 0.4) is 0 Å². The molecule has 0 spiro atoms. The quantitative estimate of drug-likeness (QED) is 0.875. The fraction of sp³-hybridized carbons (Fsp3) is 0.250. The van der Waals surface area contributed by atoms with Crippen molar-refractivity contribution in [3.8, 4) is 0 Å². The summed E-state index contributed by atoms with van der Waals surface area (Å²) in [6, 6.07) is 7.60. The lowest BCUT2D eigenvalue weighted by Crippen LogP contribution is -2.24. The molecule has 0 fully saturated rings. The van der Waals surface area contributed by atoms with Gasteiger partial charge < -0.3 is 10.1 Å². The Morgan fingerprint density at radius 3 is 3.00 bits per heavy atom. The average Bonchev–Trinajstić information content (AvgIpc) is 2.30. The molecule has 1 aliphatic rings. The summed E-state index contributed by atoms with van der Waals surface area (Å²) in [6.07, 6.45) is 1.84. The highest BCUT2D eigenvalue weighted by atomic mass is 35.5. The van der Waals surface area contributed by atoms with Gasteiger partial charge in [0.1, 0.15) is 18.1 Å². The van der Waals surface area contributed by atoms with E-state index in [-0.39, 0.29) is 0 Å². The molecule has 0 bridgehead atoms. The summed E-state index contributed by atoms with van der Waals surface area (Å²) < 4.78 is 5.36. The van der Waals surface area contributed by atoms with E-state index in [1.165, 1.54) is 0 Å². The van der Waals surface area contributed by atoms with Crippen molar-refractivity contribution in [2.24, 2.45) is 4.99 Å². The molecule has 1 aromatic rings. The van der Waals surface area contributed by atoms with Crippen molar-refractivity contribution in [3.05, 3.63) is 46.8 Å². The molecule has 0 saturated carbocycles. The standard InChI is InChI=1S/C12H13ClN2O/c1-2-16-11-7-14-12(15-8-11)9-4-3-5-10(13)6-9/h3-7H,2,8H2,1H3,(H,14,15). The minimum Gasteiger partial charge on any atom is -0.495 e. The molecule has 3 nitrogen and oxygen atoms in total. The number of aliphatic imine (C=N–C) groups is 1. The van der Waals surface area contributed by atoms with Gasteiger partial charge in [0.15, 0.2) is 0 Å². The topological polar surface area (TPSA) is 33.6 Å². The summed E-state index contributed by atoms with van der Waals surface area (Å²) in [6.45, 7) is 3.19. The Morgan fingerprint density at radius 2 is 2.38 bits per heavy atom. The van der Waals surface area contributed by atoms with Gasteiger partial charge in [0.25, 0.3) is 0 Å². The molecule has 0 unspecified atom stereocenters. The van der Waals surface area contributed by atoms with E-state index < -0.39 is 0 Å². The first-order valence-electron chi connectivity index (χ1n) is 5.18. The molecule has 0 saturated heterocycles. The Bertz CT molecular complexity index is 440. The van der Waals surface area contributed by atoms with Crippen LogP contribution in [0.25, 0.3) is 0 Å². The van der Waals surface area contributed by atoms with Crippen LogP contribution in [0.5, 0.6) is 0 Å². The van der Waals surface area contributed by atoms with Crippen LogP contribution < -0.4 is 5.32 Å². The zero-order chi connectivity index (χ0) is 11.4. The van der Waals surface area contributed by atoms with E-state index >= 15 is 0 Å². The van der Waals surface area contributed by atoms with Crippen molar-refractivity contribution >= 4 is 17.4 Å². The van der Waals surface area contributed by atoms with Crippen LogP contribution in [0.4, 0.5) is 0 Å². The Hall–Kier alpha value is -1.48. The molecule has 2 rings (SSSR count). The lowest BCUT2D eigenvalue weighted by atomic mass is 10.2. The first-order valence-corrected chi connectivity index (χ1v) is 5.56. The van der Waals surface area contributed by atoms with Gasteiger partial charge in [0.05, 0.1) is 6.61 Å². The highest BCUT2D eigenvalue weighted by molar-refractivity contribution is 6.31. The average molecular weight is 237 g/mol. The maximum atomic E-state index is 5.92. The minimum absolute atomic E-state index is 0.572. The van der Waals surface area contributed by atoms with Crippen molar-refractivity contribution in [1.29, 1.82) is 0 Å². The number of hydrogen-bond acceptors (Lipinski definition) is 3. The third kappa shape index (κ3) is 2.55. The maximum Gasteiger partial charge on any atom is 0.133 e. The fourth-order valence-electron chi connectivity index (χ4n) is 1.48. The Balaban J connectivity index is 2.09. The summed E-state index contributed by atoms with van der Waals surface area (Å²) in [5.41, 5.74) is 0.985. The second-order valence-electron chi connectivity index (χ2n) is 3.36. The Morgan fingerprint density at radius 1 is 1.50 bits per heavy atom. The zero-order valence-corrected chi connectivity index (χ0v) is 9.79. The van der Waals surface area contributed by atoms with Gasteiger partial charge in [-0.05, 0) is 19.1 Å². The van der Waals surface area contributed by atoms with Gasteiger partial charge in [-0.25, -0.2) is 0 Å².